The second kappa shape index (κ2) is 8.73. The highest BCUT2D eigenvalue weighted by molar-refractivity contribution is 5.93. The Morgan fingerprint density at radius 3 is 2.56 bits per heavy atom. The second-order valence-corrected chi connectivity index (χ2v) is 5.67. The number of rotatable bonds is 7. The normalized spacial score (nSPS) is 10.0. The Morgan fingerprint density at radius 2 is 1.84 bits per heavy atom. The highest BCUT2D eigenvalue weighted by Crippen LogP contribution is 2.23. The number of methoxy groups -OCH3 is 1. The summed E-state index contributed by atoms with van der Waals surface area (Å²) in [5.74, 6) is 0.427. The molecule has 132 valence electrons. The van der Waals surface area contributed by atoms with Crippen molar-refractivity contribution in [2.45, 2.75) is 20.4 Å². The van der Waals surface area contributed by atoms with Crippen molar-refractivity contribution < 1.29 is 14.3 Å². The Morgan fingerprint density at radius 1 is 1.08 bits per heavy atom. The van der Waals surface area contributed by atoms with E-state index in [9.17, 15) is 9.59 Å². The number of hydrogen-bond acceptors (Lipinski definition) is 4. The predicted molar refractivity (Wildman–Crippen MR) is 98.8 cm³/mol. The molecule has 3 N–H and O–H groups in total. The zero-order chi connectivity index (χ0) is 18.2. The Bertz CT molecular complexity index is 759. The highest BCUT2D eigenvalue weighted by atomic mass is 16.5. The van der Waals surface area contributed by atoms with Gasteiger partial charge in [0.2, 0.25) is 11.8 Å². The molecule has 0 aliphatic carbocycles. The van der Waals surface area contributed by atoms with E-state index in [1.807, 2.05) is 49.4 Å². The minimum absolute atomic E-state index is 0.102. The van der Waals surface area contributed by atoms with Gasteiger partial charge in [0.15, 0.2) is 0 Å². The zero-order valence-corrected chi connectivity index (χ0v) is 14.7. The van der Waals surface area contributed by atoms with Gasteiger partial charge in [0, 0.05) is 19.0 Å². The molecule has 25 heavy (non-hydrogen) atoms. The zero-order valence-electron chi connectivity index (χ0n) is 14.7. The lowest BCUT2D eigenvalue weighted by Gasteiger charge is -2.14. The van der Waals surface area contributed by atoms with E-state index in [0.29, 0.717) is 17.9 Å². The molecule has 0 aliphatic heterocycles. The molecule has 0 saturated heterocycles. The molecule has 2 aromatic carbocycles. The van der Waals surface area contributed by atoms with Crippen molar-refractivity contribution in [3.63, 3.8) is 0 Å². The molecular weight excluding hydrogens is 318 g/mol. The molecule has 0 unspecified atom stereocenters. The van der Waals surface area contributed by atoms with E-state index in [1.165, 1.54) is 6.92 Å². The molecule has 0 bridgehead atoms. The van der Waals surface area contributed by atoms with E-state index < -0.39 is 0 Å². The van der Waals surface area contributed by atoms with E-state index in [0.717, 1.165) is 16.9 Å². The van der Waals surface area contributed by atoms with Crippen molar-refractivity contribution in [3.05, 3.63) is 53.6 Å². The van der Waals surface area contributed by atoms with Gasteiger partial charge in [0.1, 0.15) is 5.75 Å². The molecule has 2 amide bonds. The lowest BCUT2D eigenvalue weighted by Crippen LogP contribution is -2.29. The number of aryl methyl sites for hydroxylation is 1. The lowest BCUT2D eigenvalue weighted by molar-refractivity contribution is -0.119. The van der Waals surface area contributed by atoms with Crippen LogP contribution in [0.4, 0.5) is 11.4 Å². The number of amides is 2. The van der Waals surface area contributed by atoms with Crippen LogP contribution in [0.15, 0.2) is 42.5 Å². The van der Waals surface area contributed by atoms with Gasteiger partial charge < -0.3 is 20.7 Å². The first kappa shape index (κ1) is 18.3. The largest absolute Gasteiger partial charge is 0.496 e. The fourth-order valence-electron chi connectivity index (χ4n) is 2.38. The van der Waals surface area contributed by atoms with Gasteiger partial charge in [0.05, 0.1) is 25.0 Å². The Hall–Kier alpha value is -3.02. The summed E-state index contributed by atoms with van der Waals surface area (Å²) in [5.41, 5.74) is 3.30. The maximum Gasteiger partial charge on any atom is 0.239 e. The van der Waals surface area contributed by atoms with Gasteiger partial charge in [-0.05, 0) is 30.7 Å². The molecule has 2 rings (SSSR count). The lowest BCUT2D eigenvalue weighted by atomic mass is 10.2. The van der Waals surface area contributed by atoms with E-state index >= 15 is 0 Å². The first-order chi connectivity index (χ1) is 12.0. The SMILES string of the molecule is COc1ccccc1CNC(=O)CNc1cc(C)ccc1NC(C)=O. The summed E-state index contributed by atoms with van der Waals surface area (Å²) in [6.45, 7) is 3.89. The topological polar surface area (TPSA) is 79.5 Å². The summed E-state index contributed by atoms with van der Waals surface area (Å²) in [4.78, 5) is 23.4. The van der Waals surface area contributed by atoms with Crippen molar-refractivity contribution in [2.75, 3.05) is 24.3 Å². The van der Waals surface area contributed by atoms with Gasteiger partial charge in [-0.3, -0.25) is 9.59 Å². The fourth-order valence-corrected chi connectivity index (χ4v) is 2.38. The average molecular weight is 341 g/mol. The summed E-state index contributed by atoms with van der Waals surface area (Å²) in [7, 11) is 1.60. The van der Waals surface area contributed by atoms with Crippen LogP contribution in [0.1, 0.15) is 18.1 Å². The smallest absolute Gasteiger partial charge is 0.239 e. The van der Waals surface area contributed by atoms with Crippen LogP contribution in [0.25, 0.3) is 0 Å². The third-order valence-corrected chi connectivity index (χ3v) is 3.59. The molecule has 0 heterocycles. The highest BCUT2D eigenvalue weighted by Gasteiger charge is 2.08. The molecule has 0 saturated carbocycles. The van der Waals surface area contributed by atoms with Gasteiger partial charge in [-0.1, -0.05) is 24.3 Å². The number of ether oxygens (including phenoxy) is 1. The summed E-state index contributed by atoms with van der Waals surface area (Å²) >= 11 is 0. The Kier molecular flexibility index (Phi) is 6.39. The molecule has 6 nitrogen and oxygen atoms in total. The number of carbonyl (C=O) groups excluding carboxylic acids is 2. The average Bonchev–Trinajstić information content (AvgIpc) is 2.60. The number of hydrogen-bond donors (Lipinski definition) is 3. The van der Waals surface area contributed by atoms with Crippen LogP contribution >= 0.6 is 0 Å². The fraction of sp³-hybridized carbons (Fsp3) is 0.263. The van der Waals surface area contributed by atoms with Crippen LogP contribution in [0.5, 0.6) is 5.75 Å². The van der Waals surface area contributed by atoms with E-state index in [4.69, 9.17) is 4.74 Å². The third kappa shape index (κ3) is 5.53. The van der Waals surface area contributed by atoms with Gasteiger partial charge in [-0.2, -0.15) is 0 Å². The van der Waals surface area contributed by atoms with Gasteiger partial charge >= 0.3 is 0 Å². The third-order valence-electron chi connectivity index (χ3n) is 3.59. The van der Waals surface area contributed by atoms with Crippen molar-refractivity contribution in [2.24, 2.45) is 0 Å². The molecule has 0 spiro atoms. The quantitative estimate of drug-likeness (QED) is 0.723. The second-order valence-electron chi connectivity index (χ2n) is 5.67. The van der Waals surface area contributed by atoms with Crippen molar-refractivity contribution in [1.29, 1.82) is 0 Å². The summed E-state index contributed by atoms with van der Waals surface area (Å²) in [6.07, 6.45) is 0. The van der Waals surface area contributed by atoms with Crippen LogP contribution in [0, 0.1) is 6.92 Å². The van der Waals surface area contributed by atoms with Gasteiger partial charge in [0.25, 0.3) is 0 Å². The Balaban J connectivity index is 1.94. The van der Waals surface area contributed by atoms with Crippen LogP contribution in [0.3, 0.4) is 0 Å². The van der Waals surface area contributed by atoms with Crippen LogP contribution in [-0.2, 0) is 16.1 Å². The van der Waals surface area contributed by atoms with E-state index in [2.05, 4.69) is 16.0 Å². The summed E-state index contributed by atoms with van der Waals surface area (Å²) < 4.78 is 5.27. The molecular formula is C19H23N3O3. The molecule has 0 fully saturated rings. The number of nitrogens with one attached hydrogen (secondary N) is 3. The van der Waals surface area contributed by atoms with Crippen LogP contribution in [0.2, 0.25) is 0 Å². The molecule has 6 heteroatoms. The maximum absolute atomic E-state index is 12.1. The predicted octanol–water partition coefficient (Wildman–Crippen LogP) is 2.69. The molecule has 0 aliphatic rings. The molecule has 2 aromatic rings. The van der Waals surface area contributed by atoms with Crippen molar-refractivity contribution in [1.82, 2.24) is 5.32 Å². The first-order valence-corrected chi connectivity index (χ1v) is 8.00. The van der Waals surface area contributed by atoms with Crippen molar-refractivity contribution in [3.8, 4) is 5.75 Å². The van der Waals surface area contributed by atoms with Crippen LogP contribution < -0.4 is 20.7 Å². The number of anilines is 2. The van der Waals surface area contributed by atoms with E-state index in [-0.39, 0.29) is 18.4 Å². The standard InChI is InChI=1S/C19H23N3O3/c1-13-8-9-16(22-14(2)23)17(10-13)20-12-19(24)21-11-15-6-4-5-7-18(15)25-3/h4-10,20H,11-12H2,1-3H3,(H,21,24)(H,22,23). The Labute approximate surface area is 147 Å². The number of benzene rings is 2. The van der Waals surface area contributed by atoms with Crippen molar-refractivity contribution >= 4 is 23.2 Å². The summed E-state index contributed by atoms with van der Waals surface area (Å²) in [6, 6.07) is 13.1. The van der Waals surface area contributed by atoms with Crippen LogP contribution in [-0.4, -0.2) is 25.5 Å². The minimum atomic E-state index is -0.160. The van der Waals surface area contributed by atoms with Gasteiger partial charge in [-0.25, -0.2) is 0 Å². The summed E-state index contributed by atoms with van der Waals surface area (Å²) in [5, 5.41) is 8.66. The number of carbonyl (C=O) groups is 2. The van der Waals surface area contributed by atoms with Gasteiger partial charge in [-0.15, -0.1) is 0 Å². The monoisotopic (exact) mass is 341 g/mol. The molecule has 0 atom stereocenters. The minimum Gasteiger partial charge on any atom is -0.496 e. The maximum atomic E-state index is 12.1. The molecule has 0 aromatic heterocycles. The van der Waals surface area contributed by atoms with E-state index in [1.54, 1.807) is 7.11 Å². The first-order valence-electron chi connectivity index (χ1n) is 8.00. The number of para-hydroxylation sites is 1. The molecule has 0 radical (unpaired) electrons.